The number of hydrogen-bond donors (Lipinski definition) is 1. The van der Waals surface area contributed by atoms with Gasteiger partial charge in [0, 0.05) is 17.6 Å². The zero-order chi connectivity index (χ0) is 23.6. The van der Waals surface area contributed by atoms with E-state index in [1.807, 2.05) is 25.1 Å². The molecule has 0 amide bonds. The second kappa shape index (κ2) is 9.05. The van der Waals surface area contributed by atoms with Gasteiger partial charge in [-0.1, -0.05) is 18.2 Å². The van der Waals surface area contributed by atoms with Crippen LogP contribution < -0.4 is 5.56 Å². The minimum Gasteiger partial charge on any atom is -0.468 e. The highest BCUT2D eigenvalue weighted by Gasteiger charge is 2.27. The number of esters is 1. The number of nitrogens with one attached hydrogen (secondary N) is 1. The third-order valence-electron chi connectivity index (χ3n) is 5.23. The Hall–Kier alpha value is -3.69. The van der Waals surface area contributed by atoms with Gasteiger partial charge in [0.25, 0.3) is 5.56 Å². The largest absolute Gasteiger partial charge is 0.468 e. The van der Waals surface area contributed by atoms with Crippen LogP contribution in [0.15, 0.2) is 81.0 Å². The number of aryl methyl sites for hydroxylation is 1. The fourth-order valence-corrected chi connectivity index (χ4v) is 4.95. The van der Waals surface area contributed by atoms with Crippen LogP contribution in [0.25, 0.3) is 10.9 Å². The Kier molecular flexibility index (Phi) is 6.17. The number of carbonyl (C=O) groups is 1. The molecule has 0 unspecified atom stereocenters. The number of H-pyrrole nitrogens is 1. The highest BCUT2D eigenvalue weighted by atomic mass is 32.2. The predicted molar refractivity (Wildman–Crippen MR) is 122 cm³/mol. The predicted octanol–water partition coefficient (Wildman–Crippen LogP) is 3.61. The summed E-state index contributed by atoms with van der Waals surface area (Å²) in [6.07, 6.45) is 1.45. The number of hydrogen-bond acceptors (Lipinski definition) is 6. The molecule has 0 radical (unpaired) electrons. The number of aromatic amines is 1. The molecule has 8 nitrogen and oxygen atoms in total. The summed E-state index contributed by atoms with van der Waals surface area (Å²) in [5.41, 5.74) is 1.69. The van der Waals surface area contributed by atoms with Gasteiger partial charge in [-0.05, 0) is 60.3 Å². The molecule has 0 aliphatic carbocycles. The fraction of sp³-hybridized carbons (Fsp3) is 0.167. The molecule has 4 rings (SSSR count). The van der Waals surface area contributed by atoms with Gasteiger partial charge in [0.15, 0.2) is 0 Å². The first kappa shape index (κ1) is 22.5. The highest BCUT2D eigenvalue weighted by Crippen LogP contribution is 2.23. The van der Waals surface area contributed by atoms with Crippen molar-refractivity contribution in [3.05, 3.63) is 99.7 Å². The number of methoxy groups -OCH3 is 1. The molecule has 9 heteroatoms. The number of pyridine rings is 1. The van der Waals surface area contributed by atoms with Crippen LogP contribution in [0.5, 0.6) is 0 Å². The first-order valence-electron chi connectivity index (χ1n) is 10.1. The van der Waals surface area contributed by atoms with E-state index in [0.717, 1.165) is 15.3 Å². The fourth-order valence-electron chi connectivity index (χ4n) is 3.52. The summed E-state index contributed by atoms with van der Waals surface area (Å²) in [4.78, 5) is 27.4. The van der Waals surface area contributed by atoms with Crippen molar-refractivity contribution in [3.63, 3.8) is 0 Å². The Morgan fingerprint density at radius 1 is 1.06 bits per heavy atom. The molecular weight excluding hydrogens is 444 g/mol. The van der Waals surface area contributed by atoms with E-state index in [1.54, 1.807) is 18.2 Å². The molecule has 0 fully saturated rings. The number of ether oxygens (including phenoxy) is 1. The monoisotopic (exact) mass is 466 g/mol. The maximum Gasteiger partial charge on any atom is 0.337 e. The van der Waals surface area contributed by atoms with E-state index in [0.29, 0.717) is 11.3 Å². The van der Waals surface area contributed by atoms with Crippen molar-refractivity contribution in [2.45, 2.75) is 24.9 Å². The Morgan fingerprint density at radius 3 is 2.61 bits per heavy atom. The first-order chi connectivity index (χ1) is 15.8. The van der Waals surface area contributed by atoms with Crippen LogP contribution in [0.2, 0.25) is 0 Å². The van der Waals surface area contributed by atoms with Crippen LogP contribution in [-0.2, 0) is 27.8 Å². The number of fused-ring (bicyclic) bond motifs is 1. The Labute approximate surface area is 190 Å². The number of sulfonamides is 1. The van der Waals surface area contributed by atoms with Crippen molar-refractivity contribution in [3.8, 4) is 0 Å². The molecule has 0 aliphatic rings. The lowest BCUT2D eigenvalue weighted by Crippen LogP contribution is -2.32. The smallest absolute Gasteiger partial charge is 0.337 e. The van der Waals surface area contributed by atoms with E-state index in [9.17, 15) is 18.0 Å². The summed E-state index contributed by atoms with van der Waals surface area (Å²) >= 11 is 0. The number of nitrogens with zero attached hydrogens (tertiary/aromatic N) is 1. The second-order valence-corrected chi connectivity index (χ2v) is 9.52. The van der Waals surface area contributed by atoms with Gasteiger partial charge in [-0.2, -0.15) is 4.31 Å². The summed E-state index contributed by atoms with van der Waals surface area (Å²) in [6, 6.07) is 16.2. The number of furan rings is 1. The Balaban J connectivity index is 1.77. The lowest BCUT2D eigenvalue weighted by molar-refractivity contribution is 0.0600. The van der Waals surface area contributed by atoms with Crippen LogP contribution in [0, 0.1) is 6.92 Å². The topological polar surface area (TPSA) is 110 Å². The molecule has 2 aromatic carbocycles. The summed E-state index contributed by atoms with van der Waals surface area (Å²) < 4.78 is 38.3. The summed E-state index contributed by atoms with van der Waals surface area (Å²) in [5.74, 6) is -0.235. The van der Waals surface area contributed by atoms with Crippen molar-refractivity contribution < 1.29 is 22.4 Å². The molecule has 0 spiro atoms. The number of aromatic nitrogens is 1. The van der Waals surface area contributed by atoms with Gasteiger partial charge in [-0.15, -0.1) is 0 Å². The Morgan fingerprint density at radius 2 is 1.88 bits per heavy atom. The average molecular weight is 467 g/mol. The molecule has 0 saturated carbocycles. The maximum absolute atomic E-state index is 13.6. The molecular formula is C24H22N2O6S. The SMILES string of the molecule is COC(=O)c1cccc(S(=O)(=O)N(Cc2ccco2)Cc2cc3ccc(C)cc3[nH]c2=O)c1. The van der Waals surface area contributed by atoms with Gasteiger partial charge >= 0.3 is 5.97 Å². The summed E-state index contributed by atoms with van der Waals surface area (Å²) in [7, 11) is -2.88. The standard InChI is InChI=1S/C24H22N2O6S/c1-16-8-9-17-12-19(23(27)25-22(17)11-16)14-26(15-20-6-4-10-32-20)33(29,30)21-7-3-5-18(13-21)24(28)31-2/h3-13H,14-15H2,1-2H3,(H,25,27). The quantitative estimate of drug-likeness (QED) is 0.417. The van der Waals surface area contributed by atoms with Gasteiger partial charge in [-0.25, -0.2) is 13.2 Å². The van der Waals surface area contributed by atoms with Gasteiger partial charge < -0.3 is 14.1 Å². The van der Waals surface area contributed by atoms with Crippen LogP contribution in [0.1, 0.15) is 27.2 Å². The zero-order valence-electron chi connectivity index (χ0n) is 18.1. The zero-order valence-corrected chi connectivity index (χ0v) is 18.9. The molecule has 2 aromatic heterocycles. The minimum absolute atomic E-state index is 0.0928. The number of carbonyl (C=O) groups excluding carboxylic acids is 1. The van der Waals surface area contributed by atoms with Crippen LogP contribution in [0.3, 0.4) is 0 Å². The van der Waals surface area contributed by atoms with Gasteiger partial charge in [0.2, 0.25) is 10.0 Å². The molecule has 0 saturated heterocycles. The van der Waals surface area contributed by atoms with Crippen molar-refractivity contribution in [1.29, 1.82) is 0 Å². The summed E-state index contributed by atoms with van der Waals surface area (Å²) in [5, 5.41) is 0.790. The van der Waals surface area contributed by atoms with Crippen molar-refractivity contribution in [2.75, 3.05) is 7.11 Å². The molecule has 170 valence electrons. The molecule has 2 heterocycles. The first-order valence-corrected chi connectivity index (χ1v) is 11.6. The van der Waals surface area contributed by atoms with E-state index in [-0.39, 0.29) is 34.7 Å². The van der Waals surface area contributed by atoms with E-state index in [1.165, 1.54) is 37.6 Å². The Bertz CT molecular complexity index is 1470. The van der Waals surface area contributed by atoms with Gasteiger partial charge in [-0.3, -0.25) is 4.79 Å². The van der Waals surface area contributed by atoms with Crippen LogP contribution in [0.4, 0.5) is 0 Å². The van der Waals surface area contributed by atoms with Gasteiger partial charge in [0.1, 0.15) is 5.76 Å². The highest BCUT2D eigenvalue weighted by molar-refractivity contribution is 7.89. The maximum atomic E-state index is 13.6. The van der Waals surface area contributed by atoms with Crippen molar-refractivity contribution in [1.82, 2.24) is 9.29 Å². The molecule has 0 bridgehead atoms. The molecule has 33 heavy (non-hydrogen) atoms. The van der Waals surface area contributed by atoms with Crippen LogP contribution >= 0.6 is 0 Å². The van der Waals surface area contributed by atoms with E-state index in [2.05, 4.69) is 4.98 Å². The average Bonchev–Trinajstić information content (AvgIpc) is 3.32. The normalized spacial score (nSPS) is 11.7. The van der Waals surface area contributed by atoms with E-state index < -0.39 is 16.0 Å². The lowest BCUT2D eigenvalue weighted by Gasteiger charge is -2.21. The summed E-state index contributed by atoms with van der Waals surface area (Å²) in [6.45, 7) is 1.64. The molecule has 4 aromatic rings. The molecule has 1 N–H and O–H groups in total. The lowest BCUT2D eigenvalue weighted by atomic mass is 10.1. The third kappa shape index (κ3) is 4.74. The van der Waals surface area contributed by atoms with Gasteiger partial charge in [0.05, 0.1) is 30.4 Å². The van der Waals surface area contributed by atoms with Crippen molar-refractivity contribution in [2.24, 2.45) is 0 Å². The van der Waals surface area contributed by atoms with E-state index in [4.69, 9.17) is 9.15 Å². The minimum atomic E-state index is -4.10. The van der Waals surface area contributed by atoms with Crippen molar-refractivity contribution >= 4 is 26.9 Å². The molecule has 0 aliphatic heterocycles. The van der Waals surface area contributed by atoms with Crippen LogP contribution in [-0.4, -0.2) is 30.8 Å². The number of rotatable bonds is 7. The number of benzene rings is 2. The second-order valence-electron chi connectivity index (χ2n) is 7.59. The third-order valence-corrected chi connectivity index (χ3v) is 7.02. The molecule has 0 atom stereocenters. The van der Waals surface area contributed by atoms with E-state index >= 15 is 0 Å².